The molecule has 1 fully saturated rings. The summed E-state index contributed by atoms with van der Waals surface area (Å²) in [6.07, 6.45) is 5.79. The lowest BCUT2D eigenvalue weighted by Gasteiger charge is -2.41. The van der Waals surface area contributed by atoms with Crippen molar-refractivity contribution >= 4 is 5.97 Å². The zero-order chi connectivity index (χ0) is 9.69. The Kier molecular flexibility index (Phi) is 1.60. The molecule has 2 atom stereocenters. The lowest BCUT2D eigenvalue weighted by atomic mass is 9.65. The van der Waals surface area contributed by atoms with Crippen LogP contribution in [0.4, 0.5) is 0 Å². The topological polar surface area (TPSA) is 26.3 Å². The van der Waals surface area contributed by atoms with Gasteiger partial charge in [0.15, 0.2) is 0 Å². The molecular formula is C11H16O2. The second kappa shape index (κ2) is 2.37. The van der Waals surface area contributed by atoms with Crippen molar-refractivity contribution in [3.05, 3.63) is 12.2 Å². The Bertz CT molecular complexity index is 278. The summed E-state index contributed by atoms with van der Waals surface area (Å²) >= 11 is 0. The van der Waals surface area contributed by atoms with Crippen molar-refractivity contribution in [2.24, 2.45) is 11.3 Å². The number of esters is 1. The first kappa shape index (κ1) is 8.79. The third-order valence-electron chi connectivity index (χ3n) is 3.42. The Morgan fingerprint density at radius 3 is 2.77 bits per heavy atom. The SMILES string of the molecule is CC1(C)C=CC[C@]2(C)OC(=O)C[C@H]12. The maximum absolute atomic E-state index is 11.3. The Labute approximate surface area is 79.0 Å². The smallest absolute Gasteiger partial charge is 0.306 e. The maximum atomic E-state index is 11.3. The monoisotopic (exact) mass is 180 g/mol. The molecule has 0 bridgehead atoms. The fraction of sp³-hybridized carbons (Fsp3) is 0.727. The van der Waals surface area contributed by atoms with Crippen molar-refractivity contribution in [2.45, 2.75) is 39.2 Å². The summed E-state index contributed by atoms with van der Waals surface area (Å²) in [4.78, 5) is 11.3. The highest BCUT2D eigenvalue weighted by atomic mass is 16.6. The molecule has 0 N–H and O–H groups in total. The highest BCUT2D eigenvalue weighted by molar-refractivity contribution is 5.73. The number of carbonyl (C=O) groups is 1. The number of hydrogen-bond donors (Lipinski definition) is 0. The predicted octanol–water partition coefficient (Wildman–Crippen LogP) is 2.29. The van der Waals surface area contributed by atoms with E-state index in [1.807, 2.05) is 6.92 Å². The highest BCUT2D eigenvalue weighted by Gasteiger charge is 2.52. The fourth-order valence-electron chi connectivity index (χ4n) is 2.70. The molecule has 0 spiro atoms. The van der Waals surface area contributed by atoms with Crippen molar-refractivity contribution in [3.63, 3.8) is 0 Å². The average molecular weight is 180 g/mol. The van der Waals surface area contributed by atoms with E-state index >= 15 is 0 Å². The number of allylic oxidation sites excluding steroid dienone is 1. The van der Waals surface area contributed by atoms with Gasteiger partial charge < -0.3 is 4.74 Å². The quantitative estimate of drug-likeness (QED) is 0.422. The minimum atomic E-state index is -0.241. The van der Waals surface area contributed by atoms with Gasteiger partial charge in [0.05, 0.1) is 6.42 Å². The number of fused-ring (bicyclic) bond motifs is 1. The van der Waals surface area contributed by atoms with Crippen LogP contribution in [0.5, 0.6) is 0 Å². The van der Waals surface area contributed by atoms with E-state index < -0.39 is 0 Å². The Morgan fingerprint density at radius 1 is 1.46 bits per heavy atom. The molecule has 0 saturated carbocycles. The summed E-state index contributed by atoms with van der Waals surface area (Å²) < 4.78 is 5.40. The second-order valence-electron chi connectivity index (χ2n) is 4.97. The van der Waals surface area contributed by atoms with Crippen LogP contribution in [0.1, 0.15) is 33.6 Å². The van der Waals surface area contributed by atoms with Crippen LogP contribution in [0.2, 0.25) is 0 Å². The first-order valence-electron chi connectivity index (χ1n) is 4.84. The van der Waals surface area contributed by atoms with Gasteiger partial charge in [-0.3, -0.25) is 4.79 Å². The Morgan fingerprint density at radius 2 is 2.15 bits per heavy atom. The lowest BCUT2D eigenvalue weighted by molar-refractivity contribution is -0.148. The number of ether oxygens (including phenoxy) is 1. The molecule has 13 heavy (non-hydrogen) atoms. The van der Waals surface area contributed by atoms with Crippen LogP contribution in [0.15, 0.2) is 12.2 Å². The van der Waals surface area contributed by atoms with E-state index in [2.05, 4.69) is 26.0 Å². The van der Waals surface area contributed by atoms with E-state index in [1.165, 1.54) is 0 Å². The van der Waals surface area contributed by atoms with E-state index in [0.29, 0.717) is 12.3 Å². The van der Waals surface area contributed by atoms with E-state index in [9.17, 15) is 4.79 Å². The molecule has 72 valence electrons. The normalized spacial score (nSPS) is 41.5. The molecule has 2 heteroatoms. The van der Waals surface area contributed by atoms with Crippen LogP contribution >= 0.6 is 0 Å². The van der Waals surface area contributed by atoms with E-state index in [4.69, 9.17) is 4.74 Å². The van der Waals surface area contributed by atoms with Crippen LogP contribution in [0.25, 0.3) is 0 Å². The molecule has 0 aromatic rings. The molecule has 1 aliphatic heterocycles. The summed E-state index contributed by atoms with van der Waals surface area (Å²) in [5.41, 5.74) is -0.144. The van der Waals surface area contributed by atoms with Gasteiger partial charge in [-0.25, -0.2) is 0 Å². The third kappa shape index (κ3) is 1.19. The highest BCUT2D eigenvalue weighted by Crippen LogP contribution is 2.49. The van der Waals surface area contributed by atoms with Gasteiger partial charge in [-0.05, 0) is 12.3 Å². The molecule has 0 unspecified atom stereocenters. The summed E-state index contributed by atoms with van der Waals surface area (Å²) in [6, 6.07) is 0. The number of carbonyl (C=O) groups excluding carboxylic acids is 1. The van der Waals surface area contributed by atoms with Gasteiger partial charge in [-0.2, -0.15) is 0 Å². The largest absolute Gasteiger partial charge is 0.459 e. The van der Waals surface area contributed by atoms with Crippen molar-refractivity contribution in [3.8, 4) is 0 Å². The predicted molar refractivity (Wildman–Crippen MR) is 50.1 cm³/mol. The Balaban J connectivity index is 2.38. The Hall–Kier alpha value is -0.790. The molecule has 2 nitrogen and oxygen atoms in total. The van der Waals surface area contributed by atoms with Gasteiger partial charge >= 0.3 is 5.97 Å². The summed E-state index contributed by atoms with van der Waals surface area (Å²) in [6.45, 7) is 6.40. The summed E-state index contributed by atoms with van der Waals surface area (Å²) in [5, 5.41) is 0. The van der Waals surface area contributed by atoms with Crippen LogP contribution < -0.4 is 0 Å². The van der Waals surface area contributed by atoms with Crippen LogP contribution in [0.3, 0.4) is 0 Å². The van der Waals surface area contributed by atoms with Gasteiger partial charge in [-0.1, -0.05) is 26.0 Å². The summed E-state index contributed by atoms with van der Waals surface area (Å²) in [7, 11) is 0. The molecule has 1 aliphatic carbocycles. The van der Waals surface area contributed by atoms with E-state index in [1.54, 1.807) is 0 Å². The average Bonchev–Trinajstić information content (AvgIpc) is 2.25. The maximum Gasteiger partial charge on any atom is 0.306 e. The minimum absolute atomic E-state index is 0.0377. The fourth-order valence-corrected chi connectivity index (χ4v) is 2.70. The van der Waals surface area contributed by atoms with Crippen LogP contribution in [0, 0.1) is 11.3 Å². The first-order valence-corrected chi connectivity index (χ1v) is 4.84. The molecule has 2 aliphatic rings. The molecule has 0 aromatic heterocycles. The van der Waals surface area contributed by atoms with Crippen LogP contribution in [-0.2, 0) is 9.53 Å². The van der Waals surface area contributed by atoms with Gasteiger partial charge in [0.25, 0.3) is 0 Å². The molecule has 1 saturated heterocycles. The van der Waals surface area contributed by atoms with Crippen molar-refractivity contribution in [1.82, 2.24) is 0 Å². The molecule has 0 aromatic carbocycles. The van der Waals surface area contributed by atoms with Gasteiger partial charge in [0.2, 0.25) is 0 Å². The first-order chi connectivity index (χ1) is 5.94. The van der Waals surface area contributed by atoms with Crippen molar-refractivity contribution in [2.75, 3.05) is 0 Å². The van der Waals surface area contributed by atoms with Crippen LogP contribution in [-0.4, -0.2) is 11.6 Å². The number of rotatable bonds is 0. The molecular weight excluding hydrogens is 164 g/mol. The molecule has 1 heterocycles. The standard InChI is InChI=1S/C11H16O2/c1-10(2)5-4-6-11(3)8(10)7-9(12)13-11/h4-5,8H,6-7H2,1-3H3/t8-,11+/m1/s1. The zero-order valence-corrected chi connectivity index (χ0v) is 8.46. The minimum Gasteiger partial charge on any atom is -0.459 e. The lowest BCUT2D eigenvalue weighted by Crippen LogP contribution is -2.41. The van der Waals surface area contributed by atoms with Gasteiger partial charge in [0.1, 0.15) is 5.60 Å². The zero-order valence-electron chi connectivity index (χ0n) is 8.46. The van der Waals surface area contributed by atoms with Crippen molar-refractivity contribution < 1.29 is 9.53 Å². The third-order valence-corrected chi connectivity index (χ3v) is 3.42. The second-order valence-corrected chi connectivity index (χ2v) is 4.97. The van der Waals surface area contributed by atoms with Crippen molar-refractivity contribution in [1.29, 1.82) is 0 Å². The molecule has 0 amide bonds. The summed E-state index contributed by atoms with van der Waals surface area (Å²) in [5.74, 6) is 0.307. The molecule has 2 rings (SSSR count). The number of hydrogen-bond acceptors (Lipinski definition) is 2. The van der Waals surface area contributed by atoms with Gasteiger partial charge in [-0.15, -0.1) is 0 Å². The van der Waals surface area contributed by atoms with E-state index in [0.717, 1.165) is 6.42 Å². The van der Waals surface area contributed by atoms with E-state index in [-0.39, 0.29) is 17.0 Å². The van der Waals surface area contributed by atoms with Gasteiger partial charge in [0, 0.05) is 12.3 Å². The molecule has 0 radical (unpaired) electrons.